The summed E-state index contributed by atoms with van der Waals surface area (Å²) < 4.78 is 0. The van der Waals surface area contributed by atoms with Gasteiger partial charge in [0.15, 0.2) is 0 Å². The maximum atomic E-state index is 5.72. The van der Waals surface area contributed by atoms with Crippen LogP contribution in [-0.4, -0.2) is 31.1 Å². The molecule has 0 aromatic heterocycles. The second kappa shape index (κ2) is 7.17. The van der Waals surface area contributed by atoms with Crippen LogP contribution in [-0.2, 0) is 0 Å². The van der Waals surface area contributed by atoms with Crippen LogP contribution in [0.5, 0.6) is 0 Å². The number of rotatable bonds is 6. The molecule has 1 atom stereocenters. The highest BCUT2D eigenvalue weighted by Gasteiger charge is 2.23. The summed E-state index contributed by atoms with van der Waals surface area (Å²) in [5, 5.41) is 0. The van der Waals surface area contributed by atoms with Crippen molar-refractivity contribution >= 4 is 0 Å². The predicted octanol–water partition coefficient (Wildman–Crippen LogP) is 3.04. The first-order valence-corrected chi connectivity index (χ1v) is 7.11. The molecule has 0 bridgehead atoms. The Hall–Kier alpha value is -0.340. The largest absolute Gasteiger partial charge is 0.330 e. The van der Waals surface area contributed by atoms with E-state index in [4.69, 9.17) is 5.73 Å². The van der Waals surface area contributed by atoms with Crippen molar-refractivity contribution < 1.29 is 0 Å². The van der Waals surface area contributed by atoms with Gasteiger partial charge in [-0.1, -0.05) is 32.9 Å². The van der Waals surface area contributed by atoms with Crippen LogP contribution in [0.2, 0.25) is 0 Å². The second-order valence-corrected chi connectivity index (χ2v) is 6.34. The first kappa shape index (κ1) is 14.7. The van der Waals surface area contributed by atoms with Crippen LogP contribution in [0.15, 0.2) is 12.2 Å². The zero-order valence-corrected chi connectivity index (χ0v) is 11.9. The Bertz CT molecular complexity index is 228. The average Bonchev–Trinajstić information content (AvgIpc) is 2.28. The van der Waals surface area contributed by atoms with Gasteiger partial charge >= 0.3 is 0 Å². The van der Waals surface area contributed by atoms with Gasteiger partial charge in [-0.15, -0.1) is 0 Å². The van der Waals surface area contributed by atoms with Gasteiger partial charge < -0.3 is 5.73 Å². The van der Waals surface area contributed by atoms with Gasteiger partial charge in [0.1, 0.15) is 0 Å². The van der Waals surface area contributed by atoms with Gasteiger partial charge in [-0.25, -0.2) is 0 Å². The lowest BCUT2D eigenvalue weighted by atomic mass is 9.76. The first-order valence-electron chi connectivity index (χ1n) is 7.11. The van der Waals surface area contributed by atoms with Crippen LogP contribution in [0.4, 0.5) is 0 Å². The van der Waals surface area contributed by atoms with Gasteiger partial charge in [-0.05, 0) is 50.1 Å². The molecule has 0 fully saturated rings. The van der Waals surface area contributed by atoms with Crippen LogP contribution >= 0.6 is 0 Å². The summed E-state index contributed by atoms with van der Waals surface area (Å²) in [6.45, 7) is 11.5. The summed E-state index contributed by atoms with van der Waals surface area (Å²) in [6.07, 6.45) is 9.62. The Morgan fingerprint density at radius 3 is 2.53 bits per heavy atom. The molecule has 0 saturated carbocycles. The van der Waals surface area contributed by atoms with E-state index in [2.05, 4.69) is 37.8 Å². The zero-order valence-electron chi connectivity index (χ0n) is 11.9. The van der Waals surface area contributed by atoms with E-state index in [0.29, 0.717) is 5.41 Å². The molecular formula is C15H30N2. The highest BCUT2D eigenvalue weighted by Crippen LogP contribution is 2.32. The lowest BCUT2D eigenvalue weighted by molar-refractivity contribution is 0.196. The standard InChI is InChI=1S/C15H30N2/c1-15(2,3)14(9-10-16)8-7-13-17-11-5-4-6-12-17/h4-5,14H,6-13,16H2,1-3H3. The Kier molecular flexibility index (Phi) is 6.21. The molecule has 1 rings (SSSR count). The molecule has 0 radical (unpaired) electrons. The van der Waals surface area contributed by atoms with E-state index in [0.717, 1.165) is 19.0 Å². The van der Waals surface area contributed by atoms with Crippen LogP contribution in [0.1, 0.15) is 46.5 Å². The smallest absolute Gasteiger partial charge is 0.0163 e. The minimum atomic E-state index is 0.404. The summed E-state index contributed by atoms with van der Waals surface area (Å²) >= 11 is 0. The number of nitrogens with two attached hydrogens (primary N) is 1. The number of hydrogen-bond donors (Lipinski definition) is 1. The fraction of sp³-hybridized carbons (Fsp3) is 0.867. The van der Waals surface area contributed by atoms with Crippen molar-refractivity contribution in [1.29, 1.82) is 0 Å². The molecule has 1 aliphatic heterocycles. The topological polar surface area (TPSA) is 29.3 Å². The SMILES string of the molecule is CC(C)(C)C(CCN)CCCN1CC=CCC1. The highest BCUT2D eigenvalue weighted by atomic mass is 15.1. The monoisotopic (exact) mass is 238 g/mol. The van der Waals surface area contributed by atoms with Gasteiger partial charge in [-0.3, -0.25) is 4.90 Å². The molecule has 0 aromatic carbocycles. The normalized spacial score (nSPS) is 19.5. The summed E-state index contributed by atoms with van der Waals surface area (Å²) in [5.41, 5.74) is 6.13. The quantitative estimate of drug-likeness (QED) is 0.721. The molecule has 2 heteroatoms. The van der Waals surface area contributed by atoms with E-state index >= 15 is 0 Å². The Labute approximate surface area is 107 Å². The van der Waals surface area contributed by atoms with Crippen molar-refractivity contribution in [3.8, 4) is 0 Å². The second-order valence-electron chi connectivity index (χ2n) is 6.34. The maximum Gasteiger partial charge on any atom is 0.0163 e. The Balaban J connectivity index is 2.24. The van der Waals surface area contributed by atoms with Crippen LogP contribution < -0.4 is 5.73 Å². The summed E-state index contributed by atoms with van der Waals surface area (Å²) in [6, 6.07) is 0. The minimum absolute atomic E-state index is 0.404. The van der Waals surface area contributed by atoms with Crippen molar-refractivity contribution in [3.05, 3.63) is 12.2 Å². The van der Waals surface area contributed by atoms with Gasteiger partial charge in [0, 0.05) is 13.1 Å². The van der Waals surface area contributed by atoms with Crippen molar-refractivity contribution in [2.24, 2.45) is 17.1 Å². The third kappa shape index (κ3) is 5.69. The molecule has 100 valence electrons. The van der Waals surface area contributed by atoms with Gasteiger partial charge in [0.2, 0.25) is 0 Å². The Morgan fingerprint density at radius 1 is 1.24 bits per heavy atom. The summed E-state index contributed by atoms with van der Waals surface area (Å²) in [7, 11) is 0. The fourth-order valence-corrected chi connectivity index (χ4v) is 2.67. The molecule has 0 amide bonds. The first-order chi connectivity index (χ1) is 8.04. The van der Waals surface area contributed by atoms with Crippen LogP contribution in [0.25, 0.3) is 0 Å². The number of nitrogens with zero attached hydrogens (tertiary/aromatic N) is 1. The van der Waals surface area contributed by atoms with E-state index in [-0.39, 0.29) is 0 Å². The van der Waals surface area contributed by atoms with Gasteiger partial charge in [0.25, 0.3) is 0 Å². The van der Waals surface area contributed by atoms with E-state index in [1.54, 1.807) is 0 Å². The third-order valence-electron chi connectivity index (χ3n) is 3.91. The summed E-state index contributed by atoms with van der Waals surface area (Å²) in [4.78, 5) is 2.56. The van der Waals surface area contributed by atoms with Crippen LogP contribution in [0, 0.1) is 11.3 Å². The van der Waals surface area contributed by atoms with E-state index in [1.807, 2.05) is 0 Å². The predicted molar refractivity (Wildman–Crippen MR) is 76.0 cm³/mol. The lowest BCUT2D eigenvalue weighted by Gasteiger charge is -2.31. The molecule has 0 saturated heterocycles. The maximum absolute atomic E-state index is 5.72. The van der Waals surface area contributed by atoms with Crippen LogP contribution in [0.3, 0.4) is 0 Å². The van der Waals surface area contributed by atoms with Crippen molar-refractivity contribution in [2.45, 2.75) is 46.5 Å². The van der Waals surface area contributed by atoms with Crippen molar-refractivity contribution in [2.75, 3.05) is 26.2 Å². The molecule has 1 aliphatic rings. The van der Waals surface area contributed by atoms with E-state index in [9.17, 15) is 0 Å². The molecule has 17 heavy (non-hydrogen) atoms. The minimum Gasteiger partial charge on any atom is -0.330 e. The van der Waals surface area contributed by atoms with Crippen molar-refractivity contribution in [3.63, 3.8) is 0 Å². The van der Waals surface area contributed by atoms with E-state index < -0.39 is 0 Å². The molecule has 0 aromatic rings. The van der Waals surface area contributed by atoms with Gasteiger partial charge in [0.05, 0.1) is 0 Å². The molecule has 1 heterocycles. The molecule has 2 N–H and O–H groups in total. The molecule has 0 aliphatic carbocycles. The lowest BCUT2D eigenvalue weighted by Crippen LogP contribution is -2.30. The zero-order chi connectivity index (χ0) is 12.7. The summed E-state index contributed by atoms with van der Waals surface area (Å²) in [5.74, 6) is 0.771. The molecular weight excluding hydrogens is 208 g/mol. The average molecular weight is 238 g/mol. The fourth-order valence-electron chi connectivity index (χ4n) is 2.67. The van der Waals surface area contributed by atoms with E-state index in [1.165, 1.54) is 38.8 Å². The molecule has 1 unspecified atom stereocenters. The Morgan fingerprint density at radius 2 is 2.00 bits per heavy atom. The molecule has 0 spiro atoms. The van der Waals surface area contributed by atoms with Crippen molar-refractivity contribution in [1.82, 2.24) is 4.90 Å². The number of hydrogen-bond acceptors (Lipinski definition) is 2. The van der Waals surface area contributed by atoms with Gasteiger partial charge in [-0.2, -0.15) is 0 Å². The highest BCUT2D eigenvalue weighted by molar-refractivity contribution is 4.90. The third-order valence-corrected chi connectivity index (χ3v) is 3.91. The molecule has 2 nitrogen and oxygen atoms in total.